The SMILES string of the molecule is CCC1CCC(NCC(O)c2cccs2)C1. The zero-order chi connectivity index (χ0) is 11.4. The molecule has 3 atom stereocenters. The van der Waals surface area contributed by atoms with Crippen molar-refractivity contribution in [3.05, 3.63) is 22.4 Å². The van der Waals surface area contributed by atoms with Crippen molar-refractivity contribution in [1.29, 1.82) is 0 Å². The molecule has 1 heterocycles. The van der Waals surface area contributed by atoms with Crippen LogP contribution >= 0.6 is 11.3 Å². The van der Waals surface area contributed by atoms with Gasteiger partial charge in [0.1, 0.15) is 6.10 Å². The fourth-order valence-corrected chi connectivity index (χ4v) is 3.20. The summed E-state index contributed by atoms with van der Waals surface area (Å²) in [7, 11) is 0. The van der Waals surface area contributed by atoms with E-state index < -0.39 is 0 Å². The van der Waals surface area contributed by atoms with Crippen LogP contribution in [-0.2, 0) is 0 Å². The molecule has 1 aliphatic rings. The van der Waals surface area contributed by atoms with E-state index in [0.717, 1.165) is 10.8 Å². The normalized spacial score (nSPS) is 27.1. The summed E-state index contributed by atoms with van der Waals surface area (Å²) in [6.45, 7) is 2.97. The van der Waals surface area contributed by atoms with Gasteiger partial charge in [0, 0.05) is 17.5 Å². The van der Waals surface area contributed by atoms with Gasteiger partial charge in [0.15, 0.2) is 0 Å². The number of hydrogen-bond acceptors (Lipinski definition) is 3. The van der Waals surface area contributed by atoms with Gasteiger partial charge in [0.05, 0.1) is 0 Å². The maximum absolute atomic E-state index is 9.94. The summed E-state index contributed by atoms with van der Waals surface area (Å²) in [5.41, 5.74) is 0. The van der Waals surface area contributed by atoms with Gasteiger partial charge in [-0.05, 0) is 36.6 Å². The summed E-state index contributed by atoms with van der Waals surface area (Å²) in [5, 5.41) is 15.4. The maximum Gasteiger partial charge on any atom is 0.101 e. The van der Waals surface area contributed by atoms with Crippen LogP contribution in [0.5, 0.6) is 0 Å². The molecule has 1 fully saturated rings. The van der Waals surface area contributed by atoms with E-state index in [4.69, 9.17) is 0 Å². The molecule has 0 aromatic carbocycles. The molecule has 0 aliphatic heterocycles. The van der Waals surface area contributed by atoms with E-state index in [-0.39, 0.29) is 6.10 Å². The molecule has 3 unspecified atom stereocenters. The van der Waals surface area contributed by atoms with E-state index in [0.29, 0.717) is 12.6 Å². The van der Waals surface area contributed by atoms with Crippen molar-refractivity contribution in [3.8, 4) is 0 Å². The number of thiophene rings is 1. The average molecular weight is 239 g/mol. The Labute approximate surface area is 102 Å². The van der Waals surface area contributed by atoms with Crippen LogP contribution in [0.1, 0.15) is 43.6 Å². The fourth-order valence-electron chi connectivity index (χ4n) is 2.49. The summed E-state index contributed by atoms with van der Waals surface area (Å²) in [4.78, 5) is 1.07. The maximum atomic E-state index is 9.94. The molecule has 16 heavy (non-hydrogen) atoms. The van der Waals surface area contributed by atoms with Crippen LogP contribution < -0.4 is 5.32 Å². The Balaban J connectivity index is 1.72. The van der Waals surface area contributed by atoms with Gasteiger partial charge in [-0.15, -0.1) is 11.3 Å². The fraction of sp³-hybridized carbons (Fsp3) is 0.692. The van der Waals surface area contributed by atoms with Crippen LogP contribution in [0.3, 0.4) is 0 Å². The minimum atomic E-state index is -0.333. The molecule has 0 saturated heterocycles. The molecule has 0 radical (unpaired) electrons. The third kappa shape index (κ3) is 3.06. The summed E-state index contributed by atoms with van der Waals surface area (Å²) < 4.78 is 0. The van der Waals surface area contributed by atoms with Gasteiger partial charge in [0.25, 0.3) is 0 Å². The van der Waals surface area contributed by atoms with Crippen molar-refractivity contribution < 1.29 is 5.11 Å². The van der Waals surface area contributed by atoms with E-state index >= 15 is 0 Å². The van der Waals surface area contributed by atoms with Gasteiger partial charge in [-0.25, -0.2) is 0 Å². The molecule has 2 N–H and O–H groups in total. The van der Waals surface area contributed by atoms with Gasteiger partial charge in [0.2, 0.25) is 0 Å². The predicted octanol–water partition coefficient (Wildman–Crippen LogP) is 2.95. The Morgan fingerprint density at radius 2 is 2.44 bits per heavy atom. The van der Waals surface area contributed by atoms with Crippen molar-refractivity contribution in [2.45, 2.75) is 44.8 Å². The first kappa shape index (κ1) is 12.1. The molecule has 90 valence electrons. The third-order valence-corrected chi connectivity index (χ3v) is 4.56. The van der Waals surface area contributed by atoms with E-state index in [1.165, 1.54) is 25.7 Å². The number of hydrogen-bond donors (Lipinski definition) is 2. The quantitative estimate of drug-likeness (QED) is 0.828. The van der Waals surface area contributed by atoms with Gasteiger partial charge in [-0.2, -0.15) is 0 Å². The second kappa shape index (κ2) is 5.80. The topological polar surface area (TPSA) is 32.3 Å². The smallest absolute Gasteiger partial charge is 0.101 e. The van der Waals surface area contributed by atoms with Gasteiger partial charge in [-0.1, -0.05) is 19.4 Å². The summed E-state index contributed by atoms with van der Waals surface area (Å²) >= 11 is 1.63. The lowest BCUT2D eigenvalue weighted by Gasteiger charge is -2.15. The van der Waals surface area contributed by atoms with Crippen LogP contribution in [0, 0.1) is 5.92 Å². The number of nitrogens with one attached hydrogen (secondary N) is 1. The van der Waals surface area contributed by atoms with Crippen molar-refractivity contribution in [3.63, 3.8) is 0 Å². The highest BCUT2D eigenvalue weighted by Crippen LogP contribution is 2.28. The van der Waals surface area contributed by atoms with E-state index in [9.17, 15) is 5.11 Å². The molecule has 2 rings (SSSR count). The Morgan fingerprint density at radius 3 is 3.06 bits per heavy atom. The lowest BCUT2D eigenvalue weighted by molar-refractivity contribution is 0.173. The zero-order valence-electron chi connectivity index (χ0n) is 9.86. The Bertz CT molecular complexity index is 299. The monoisotopic (exact) mass is 239 g/mol. The molecule has 0 amide bonds. The second-order valence-corrected chi connectivity index (χ2v) is 5.70. The third-order valence-electron chi connectivity index (χ3n) is 3.59. The molecule has 1 aliphatic carbocycles. The van der Waals surface area contributed by atoms with Crippen molar-refractivity contribution >= 4 is 11.3 Å². The highest BCUT2D eigenvalue weighted by atomic mass is 32.1. The molecular formula is C13H21NOS. The zero-order valence-corrected chi connectivity index (χ0v) is 10.7. The first-order valence-electron chi connectivity index (χ1n) is 6.24. The van der Waals surface area contributed by atoms with Crippen LogP contribution in [0.4, 0.5) is 0 Å². The van der Waals surface area contributed by atoms with E-state index in [1.807, 2.05) is 17.5 Å². The molecule has 1 aromatic heterocycles. The molecule has 3 heteroatoms. The summed E-state index contributed by atoms with van der Waals surface area (Å²) in [5.74, 6) is 0.899. The van der Waals surface area contributed by atoms with Crippen LogP contribution in [0.25, 0.3) is 0 Å². The minimum absolute atomic E-state index is 0.333. The van der Waals surface area contributed by atoms with Gasteiger partial charge < -0.3 is 10.4 Å². The lowest BCUT2D eigenvalue weighted by Crippen LogP contribution is -2.30. The first-order valence-corrected chi connectivity index (χ1v) is 7.12. The Hall–Kier alpha value is -0.380. The molecule has 1 saturated carbocycles. The molecule has 0 spiro atoms. The molecule has 0 bridgehead atoms. The highest BCUT2D eigenvalue weighted by molar-refractivity contribution is 7.10. The molecule has 1 aromatic rings. The largest absolute Gasteiger partial charge is 0.386 e. The minimum Gasteiger partial charge on any atom is -0.386 e. The first-order chi connectivity index (χ1) is 7.79. The van der Waals surface area contributed by atoms with Crippen molar-refractivity contribution in [1.82, 2.24) is 5.32 Å². The van der Waals surface area contributed by atoms with Crippen molar-refractivity contribution in [2.75, 3.05) is 6.54 Å². The van der Waals surface area contributed by atoms with Gasteiger partial charge >= 0.3 is 0 Å². The Morgan fingerprint density at radius 1 is 1.56 bits per heavy atom. The summed E-state index contributed by atoms with van der Waals surface area (Å²) in [6.07, 6.45) is 4.87. The van der Waals surface area contributed by atoms with Gasteiger partial charge in [-0.3, -0.25) is 0 Å². The van der Waals surface area contributed by atoms with Crippen LogP contribution in [-0.4, -0.2) is 17.7 Å². The standard InChI is InChI=1S/C13H21NOS/c1-2-10-5-6-11(8-10)14-9-12(15)13-4-3-7-16-13/h3-4,7,10-12,14-15H,2,5-6,8-9H2,1H3. The lowest BCUT2D eigenvalue weighted by atomic mass is 10.1. The predicted molar refractivity (Wildman–Crippen MR) is 68.7 cm³/mol. The number of rotatable bonds is 5. The average Bonchev–Trinajstić information content (AvgIpc) is 2.96. The van der Waals surface area contributed by atoms with Crippen molar-refractivity contribution in [2.24, 2.45) is 5.92 Å². The molecular weight excluding hydrogens is 218 g/mol. The summed E-state index contributed by atoms with van der Waals surface area (Å²) in [6, 6.07) is 4.62. The van der Waals surface area contributed by atoms with Crippen LogP contribution in [0.15, 0.2) is 17.5 Å². The molecule has 2 nitrogen and oxygen atoms in total. The highest BCUT2D eigenvalue weighted by Gasteiger charge is 2.23. The van der Waals surface area contributed by atoms with Crippen LogP contribution in [0.2, 0.25) is 0 Å². The van der Waals surface area contributed by atoms with E-state index in [1.54, 1.807) is 11.3 Å². The number of aliphatic hydroxyl groups is 1. The second-order valence-electron chi connectivity index (χ2n) is 4.72. The van der Waals surface area contributed by atoms with E-state index in [2.05, 4.69) is 12.2 Å². The Kier molecular flexibility index (Phi) is 4.38. The number of aliphatic hydroxyl groups excluding tert-OH is 1.